The van der Waals surface area contributed by atoms with Crippen molar-refractivity contribution in [3.05, 3.63) is 70.2 Å². The number of aromatic nitrogens is 1. The number of nitrogens with one attached hydrogen (secondary N) is 2. The molecule has 2 aromatic carbocycles. The Kier molecular flexibility index (Phi) is 5.87. The zero-order valence-corrected chi connectivity index (χ0v) is 16.4. The minimum absolute atomic E-state index is 0.157. The van der Waals surface area contributed by atoms with Crippen molar-refractivity contribution in [3.63, 3.8) is 0 Å². The molecule has 28 heavy (non-hydrogen) atoms. The van der Waals surface area contributed by atoms with E-state index in [2.05, 4.69) is 27.6 Å². The molecule has 0 spiro atoms. The highest BCUT2D eigenvalue weighted by molar-refractivity contribution is 7.13. The van der Waals surface area contributed by atoms with Crippen molar-refractivity contribution in [2.24, 2.45) is 0 Å². The molecule has 0 fully saturated rings. The molecule has 1 heterocycles. The zero-order valence-electron chi connectivity index (χ0n) is 15.6. The number of rotatable bonds is 5. The van der Waals surface area contributed by atoms with Gasteiger partial charge in [-0.2, -0.15) is 0 Å². The number of hydrogen-bond donors (Lipinski definition) is 2. The number of anilines is 1. The summed E-state index contributed by atoms with van der Waals surface area (Å²) in [5, 5.41) is 7.76. The van der Waals surface area contributed by atoms with E-state index in [-0.39, 0.29) is 18.4 Å². The van der Waals surface area contributed by atoms with Crippen LogP contribution < -0.4 is 10.6 Å². The molecule has 0 aliphatic carbocycles. The molecule has 0 aliphatic heterocycles. The molecular weight excluding hydrogens is 370 g/mol. The smallest absolute Gasteiger partial charge is 0.271 e. The van der Waals surface area contributed by atoms with Gasteiger partial charge in [-0.1, -0.05) is 35.7 Å². The maximum absolute atomic E-state index is 12.3. The van der Waals surface area contributed by atoms with Gasteiger partial charge in [-0.15, -0.1) is 17.8 Å². The summed E-state index contributed by atoms with van der Waals surface area (Å²) in [6, 6.07) is 13.1. The van der Waals surface area contributed by atoms with Gasteiger partial charge in [-0.25, -0.2) is 4.98 Å². The van der Waals surface area contributed by atoms with Gasteiger partial charge in [0.05, 0.1) is 6.54 Å². The van der Waals surface area contributed by atoms with Gasteiger partial charge in [0.25, 0.3) is 5.91 Å². The molecule has 0 bridgehead atoms. The third-order valence-corrected chi connectivity index (χ3v) is 4.95. The Morgan fingerprint density at radius 3 is 2.75 bits per heavy atom. The number of terminal acetylenes is 1. The molecule has 0 radical (unpaired) electrons. The van der Waals surface area contributed by atoms with Crippen LogP contribution in [0.1, 0.15) is 27.2 Å². The van der Waals surface area contributed by atoms with E-state index in [4.69, 9.17) is 6.42 Å². The van der Waals surface area contributed by atoms with Crippen molar-refractivity contribution >= 4 is 28.8 Å². The molecule has 5 nitrogen and oxygen atoms in total. The van der Waals surface area contributed by atoms with Gasteiger partial charge in [0.1, 0.15) is 10.7 Å². The predicted octanol–water partition coefficient (Wildman–Crippen LogP) is 3.78. The van der Waals surface area contributed by atoms with Crippen LogP contribution in [0.4, 0.5) is 5.69 Å². The zero-order chi connectivity index (χ0) is 20.1. The van der Waals surface area contributed by atoms with Crippen molar-refractivity contribution in [2.45, 2.75) is 13.8 Å². The van der Waals surface area contributed by atoms with Crippen molar-refractivity contribution in [1.82, 2.24) is 10.3 Å². The SMILES string of the molecule is C#Cc1cccc(NC(=O)CNC(=O)c2csc(-c3ccc(C)cc3C)n2)c1. The van der Waals surface area contributed by atoms with Gasteiger partial charge in [0.15, 0.2) is 0 Å². The Balaban J connectivity index is 1.60. The summed E-state index contributed by atoms with van der Waals surface area (Å²) < 4.78 is 0. The van der Waals surface area contributed by atoms with E-state index < -0.39 is 0 Å². The molecule has 2 amide bonds. The molecule has 3 rings (SSSR count). The molecule has 0 saturated heterocycles. The first-order chi connectivity index (χ1) is 13.5. The maximum Gasteiger partial charge on any atom is 0.271 e. The number of hydrogen-bond acceptors (Lipinski definition) is 4. The normalized spacial score (nSPS) is 10.2. The van der Waals surface area contributed by atoms with Crippen LogP contribution in [0.2, 0.25) is 0 Å². The fraction of sp³-hybridized carbons (Fsp3) is 0.136. The number of amides is 2. The highest BCUT2D eigenvalue weighted by Gasteiger charge is 2.14. The lowest BCUT2D eigenvalue weighted by Gasteiger charge is -2.06. The molecular formula is C22H19N3O2S. The van der Waals surface area contributed by atoms with E-state index in [9.17, 15) is 9.59 Å². The molecule has 0 atom stereocenters. The van der Waals surface area contributed by atoms with Crippen LogP contribution in [-0.4, -0.2) is 23.3 Å². The highest BCUT2D eigenvalue weighted by Crippen LogP contribution is 2.27. The van der Waals surface area contributed by atoms with E-state index in [0.717, 1.165) is 16.1 Å². The Bertz CT molecular complexity index is 1080. The number of thiazole rings is 1. The van der Waals surface area contributed by atoms with E-state index >= 15 is 0 Å². The summed E-state index contributed by atoms with van der Waals surface area (Å²) in [7, 11) is 0. The average Bonchev–Trinajstić information content (AvgIpc) is 3.16. The second kappa shape index (κ2) is 8.51. The highest BCUT2D eigenvalue weighted by atomic mass is 32.1. The Morgan fingerprint density at radius 1 is 1.18 bits per heavy atom. The van der Waals surface area contributed by atoms with E-state index in [1.807, 2.05) is 26.0 Å². The number of benzene rings is 2. The monoisotopic (exact) mass is 389 g/mol. The fourth-order valence-electron chi connectivity index (χ4n) is 2.70. The average molecular weight is 389 g/mol. The third-order valence-electron chi connectivity index (χ3n) is 4.07. The van der Waals surface area contributed by atoms with Gasteiger partial charge in [-0.05, 0) is 37.6 Å². The fourth-order valence-corrected chi connectivity index (χ4v) is 3.59. The van der Waals surface area contributed by atoms with Gasteiger partial charge < -0.3 is 10.6 Å². The number of carbonyl (C=O) groups is 2. The third kappa shape index (κ3) is 4.64. The van der Waals surface area contributed by atoms with Crippen molar-refractivity contribution < 1.29 is 9.59 Å². The van der Waals surface area contributed by atoms with Crippen molar-refractivity contribution in [2.75, 3.05) is 11.9 Å². The summed E-state index contributed by atoms with van der Waals surface area (Å²) in [5.41, 5.74) is 4.83. The molecule has 6 heteroatoms. The lowest BCUT2D eigenvalue weighted by molar-refractivity contribution is -0.115. The summed E-state index contributed by atoms with van der Waals surface area (Å²) in [6.07, 6.45) is 5.35. The molecule has 3 aromatic rings. The van der Waals surface area contributed by atoms with Gasteiger partial charge in [0, 0.05) is 22.2 Å². The van der Waals surface area contributed by atoms with Gasteiger partial charge in [-0.3, -0.25) is 9.59 Å². The number of carbonyl (C=O) groups excluding carboxylic acids is 2. The maximum atomic E-state index is 12.3. The van der Waals surface area contributed by atoms with Crippen molar-refractivity contribution in [3.8, 4) is 22.9 Å². The molecule has 0 unspecified atom stereocenters. The summed E-state index contributed by atoms with van der Waals surface area (Å²) in [5.74, 6) is 1.78. The Morgan fingerprint density at radius 2 is 2.00 bits per heavy atom. The van der Waals surface area contributed by atoms with Crippen LogP contribution in [0.15, 0.2) is 47.8 Å². The number of aryl methyl sites for hydroxylation is 2. The van der Waals surface area contributed by atoms with E-state index in [1.54, 1.807) is 29.6 Å². The summed E-state index contributed by atoms with van der Waals surface area (Å²) >= 11 is 1.40. The van der Waals surface area contributed by atoms with Crippen LogP contribution in [0, 0.1) is 26.2 Å². The Hall–Kier alpha value is -3.43. The second-order valence-corrected chi connectivity index (χ2v) is 7.17. The van der Waals surface area contributed by atoms with Crippen LogP contribution in [-0.2, 0) is 4.79 Å². The molecule has 140 valence electrons. The van der Waals surface area contributed by atoms with Crippen LogP contribution in [0.5, 0.6) is 0 Å². The van der Waals surface area contributed by atoms with Gasteiger partial charge in [0.2, 0.25) is 5.91 Å². The van der Waals surface area contributed by atoms with Crippen LogP contribution >= 0.6 is 11.3 Å². The van der Waals surface area contributed by atoms with E-state index in [1.165, 1.54) is 16.9 Å². The number of nitrogens with zero attached hydrogens (tertiary/aromatic N) is 1. The quantitative estimate of drug-likeness (QED) is 0.653. The first-order valence-electron chi connectivity index (χ1n) is 8.64. The molecule has 2 N–H and O–H groups in total. The predicted molar refractivity (Wildman–Crippen MR) is 112 cm³/mol. The second-order valence-electron chi connectivity index (χ2n) is 6.31. The van der Waals surface area contributed by atoms with Gasteiger partial charge >= 0.3 is 0 Å². The topological polar surface area (TPSA) is 71.1 Å². The first-order valence-corrected chi connectivity index (χ1v) is 9.52. The molecule has 0 aliphatic rings. The standard InChI is InChI=1S/C22H19N3O2S/c1-4-16-6-5-7-17(11-16)24-20(26)12-23-21(27)19-13-28-22(25-19)18-9-8-14(2)10-15(18)3/h1,5-11,13H,12H2,2-3H3,(H,23,27)(H,24,26). The summed E-state index contributed by atoms with van der Waals surface area (Å²) in [6.45, 7) is 3.89. The van der Waals surface area contributed by atoms with Crippen LogP contribution in [0.25, 0.3) is 10.6 Å². The Labute approximate surface area is 167 Å². The van der Waals surface area contributed by atoms with E-state index in [0.29, 0.717) is 16.9 Å². The minimum atomic E-state index is -0.389. The minimum Gasteiger partial charge on any atom is -0.342 e. The van der Waals surface area contributed by atoms with Crippen molar-refractivity contribution in [1.29, 1.82) is 0 Å². The largest absolute Gasteiger partial charge is 0.342 e. The summed E-state index contributed by atoms with van der Waals surface area (Å²) in [4.78, 5) is 28.8. The van der Waals surface area contributed by atoms with Crippen LogP contribution in [0.3, 0.4) is 0 Å². The lowest BCUT2D eigenvalue weighted by atomic mass is 10.1. The molecule has 1 aromatic heterocycles. The lowest BCUT2D eigenvalue weighted by Crippen LogP contribution is -2.33. The molecule has 0 saturated carbocycles. The first kappa shape index (κ1) is 19.3.